The number of hydrogen-bond acceptors (Lipinski definition) is 5. The minimum atomic E-state index is -0.429. The van der Waals surface area contributed by atoms with Gasteiger partial charge in [0.25, 0.3) is 0 Å². The fourth-order valence-corrected chi connectivity index (χ4v) is 1.71. The van der Waals surface area contributed by atoms with Crippen molar-refractivity contribution in [3.8, 4) is 0 Å². The molecule has 5 heteroatoms. The predicted octanol–water partition coefficient (Wildman–Crippen LogP) is 2.39. The van der Waals surface area contributed by atoms with E-state index in [4.69, 9.17) is 0 Å². The van der Waals surface area contributed by atoms with Crippen molar-refractivity contribution in [3.05, 3.63) is 35.4 Å². The Labute approximate surface area is 117 Å². The zero-order chi connectivity index (χ0) is 15.0. The van der Waals surface area contributed by atoms with Gasteiger partial charge in [0.15, 0.2) is 5.78 Å². The minimum absolute atomic E-state index is 0.00807. The molecule has 5 nitrogen and oxygen atoms in total. The number of carbonyl (C=O) groups excluding carboxylic acids is 3. The van der Waals surface area contributed by atoms with Gasteiger partial charge in [-0.05, 0) is 25.0 Å². The monoisotopic (exact) mass is 278 g/mol. The number of methoxy groups -OCH3 is 2. The third-order valence-electron chi connectivity index (χ3n) is 2.89. The van der Waals surface area contributed by atoms with Gasteiger partial charge in [0.1, 0.15) is 0 Å². The number of benzene rings is 1. The van der Waals surface area contributed by atoms with Crippen molar-refractivity contribution < 1.29 is 23.9 Å². The summed E-state index contributed by atoms with van der Waals surface area (Å²) in [5, 5.41) is 0. The average Bonchev–Trinajstić information content (AvgIpc) is 2.50. The number of esters is 2. The molecule has 0 N–H and O–H groups in total. The summed E-state index contributed by atoms with van der Waals surface area (Å²) in [6.45, 7) is 0. The Bertz CT molecular complexity index is 476. The normalized spacial score (nSPS) is 9.90. The van der Waals surface area contributed by atoms with Crippen molar-refractivity contribution in [2.45, 2.75) is 25.7 Å². The van der Waals surface area contributed by atoms with Gasteiger partial charge in [0, 0.05) is 18.4 Å². The van der Waals surface area contributed by atoms with E-state index < -0.39 is 5.97 Å². The maximum absolute atomic E-state index is 11.9. The molecule has 0 spiro atoms. The van der Waals surface area contributed by atoms with E-state index in [-0.39, 0.29) is 11.8 Å². The summed E-state index contributed by atoms with van der Waals surface area (Å²) in [5.74, 6) is -0.701. The van der Waals surface area contributed by atoms with Crippen LogP contribution in [0.15, 0.2) is 24.3 Å². The summed E-state index contributed by atoms with van der Waals surface area (Å²) >= 11 is 0. The topological polar surface area (TPSA) is 69.7 Å². The molecule has 0 aromatic heterocycles. The molecule has 108 valence electrons. The van der Waals surface area contributed by atoms with Crippen LogP contribution in [0.1, 0.15) is 46.4 Å². The van der Waals surface area contributed by atoms with Gasteiger partial charge in [-0.3, -0.25) is 9.59 Å². The van der Waals surface area contributed by atoms with Crippen molar-refractivity contribution >= 4 is 17.7 Å². The zero-order valence-electron chi connectivity index (χ0n) is 11.7. The third-order valence-corrected chi connectivity index (χ3v) is 2.89. The van der Waals surface area contributed by atoms with Crippen molar-refractivity contribution in [1.82, 2.24) is 0 Å². The molecule has 1 aromatic rings. The second-order valence-corrected chi connectivity index (χ2v) is 4.28. The lowest BCUT2D eigenvalue weighted by Gasteiger charge is -2.03. The van der Waals surface area contributed by atoms with Crippen LogP contribution < -0.4 is 0 Å². The van der Waals surface area contributed by atoms with Gasteiger partial charge in [-0.25, -0.2) is 4.79 Å². The Hall–Kier alpha value is -2.17. The van der Waals surface area contributed by atoms with Crippen LogP contribution in [-0.2, 0) is 14.3 Å². The predicted molar refractivity (Wildman–Crippen MR) is 72.6 cm³/mol. The highest BCUT2D eigenvalue weighted by molar-refractivity contribution is 5.97. The Kier molecular flexibility index (Phi) is 6.43. The third kappa shape index (κ3) is 4.84. The van der Waals surface area contributed by atoms with Gasteiger partial charge in [-0.15, -0.1) is 0 Å². The van der Waals surface area contributed by atoms with E-state index in [0.717, 1.165) is 0 Å². The highest BCUT2D eigenvalue weighted by Gasteiger charge is 2.09. The Balaban J connectivity index is 2.44. The standard InChI is InChI=1S/C15H18O5/c1-19-14(17)6-4-3-5-13(16)11-7-9-12(10-8-11)15(18)20-2/h7-10H,3-6H2,1-2H3. The molecule has 0 saturated carbocycles. The zero-order valence-corrected chi connectivity index (χ0v) is 11.7. The van der Waals surface area contributed by atoms with Crippen molar-refractivity contribution in [1.29, 1.82) is 0 Å². The number of ether oxygens (including phenoxy) is 2. The lowest BCUT2D eigenvalue weighted by atomic mass is 10.0. The fraction of sp³-hybridized carbons (Fsp3) is 0.400. The largest absolute Gasteiger partial charge is 0.469 e. The number of rotatable bonds is 7. The lowest BCUT2D eigenvalue weighted by Crippen LogP contribution is -2.04. The molecular weight excluding hydrogens is 260 g/mol. The van der Waals surface area contributed by atoms with Gasteiger partial charge in [0.05, 0.1) is 19.8 Å². The van der Waals surface area contributed by atoms with E-state index in [2.05, 4.69) is 9.47 Å². The maximum Gasteiger partial charge on any atom is 0.337 e. The Morgan fingerprint density at radius 2 is 1.40 bits per heavy atom. The second kappa shape index (κ2) is 8.09. The summed E-state index contributed by atoms with van der Waals surface area (Å²) in [7, 11) is 2.65. The van der Waals surface area contributed by atoms with Gasteiger partial charge >= 0.3 is 11.9 Å². The first-order valence-electron chi connectivity index (χ1n) is 6.37. The molecule has 0 saturated heterocycles. The van der Waals surface area contributed by atoms with Crippen LogP contribution in [0.4, 0.5) is 0 Å². The molecule has 0 bridgehead atoms. The molecule has 0 amide bonds. The molecule has 1 rings (SSSR count). The summed E-state index contributed by atoms with van der Waals surface area (Å²) in [6.07, 6.45) is 1.95. The Morgan fingerprint density at radius 3 is 1.95 bits per heavy atom. The van der Waals surface area contributed by atoms with E-state index in [1.807, 2.05) is 0 Å². The van der Waals surface area contributed by atoms with Gasteiger partial charge in [0.2, 0.25) is 0 Å². The van der Waals surface area contributed by atoms with E-state index >= 15 is 0 Å². The van der Waals surface area contributed by atoms with Crippen molar-refractivity contribution in [2.75, 3.05) is 14.2 Å². The number of unbranched alkanes of at least 4 members (excludes halogenated alkanes) is 1. The quantitative estimate of drug-likeness (QED) is 0.435. The minimum Gasteiger partial charge on any atom is -0.469 e. The molecule has 0 aliphatic heterocycles. The van der Waals surface area contributed by atoms with Crippen molar-refractivity contribution in [2.24, 2.45) is 0 Å². The smallest absolute Gasteiger partial charge is 0.337 e. The van der Waals surface area contributed by atoms with Gasteiger partial charge in [-0.1, -0.05) is 12.1 Å². The van der Waals surface area contributed by atoms with Crippen LogP contribution in [0.25, 0.3) is 0 Å². The molecule has 0 aliphatic rings. The summed E-state index contributed by atoms with van der Waals surface area (Å²) in [6, 6.07) is 6.34. The van der Waals surface area contributed by atoms with Crippen LogP contribution in [-0.4, -0.2) is 31.9 Å². The Morgan fingerprint density at radius 1 is 0.850 bits per heavy atom. The van der Waals surface area contributed by atoms with Crippen LogP contribution in [0, 0.1) is 0 Å². The molecule has 0 atom stereocenters. The van der Waals surface area contributed by atoms with Gasteiger partial charge in [-0.2, -0.15) is 0 Å². The van der Waals surface area contributed by atoms with Crippen LogP contribution in [0.2, 0.25) is 0 Å². The number of carbonyl (C=O) groups is 3. The van der Waals surface area contributed by atoms with Gasteiger partial charge < -0.3 is 9.47 Å². The molecule has 0 radical (unpaired) electrons. The van der Waals surface area contributed by atoms with Crippen molar-refractivity contribution in [3.63, 3.8) is 0 Å². The fourth-order valence-electron chi connectivity index (χ4n) is 1.71. The number of ketones is 1. The first kappa shape index (κ1) is 15.9. The second-order valence-electron chi connectivity index (χ2n) is 4.28. The maximum atomic E-state index is 11.9. The molecule has 0 unspecified atom stereocenters. The van der Waals surface area contributed by atoms with E-state index in [1.165, 1.54) is 14.2 Å². The molecule has 0 heterocycles. The molecule has 0 aliphatic carbocycles. The molecule has 0 fully saturated rings. The highest BCUT2D eigenvalue weighted by Crippen LogP contribution is 2.11. The molecule has 1 aromatic carbocycles. The van der Waals surface area contributed by atoms with Crippen LogP contribution in [0.5, 0.6) is 0 Å². The summed E-state index contributed by atoms with van der Waals surface area (Å²) < 4.78 is 9.10. The van der Waals surface area contributed by atoms with Crippen LogP contribution >= 0.6 is 0 Å². The lowest BCUT2D eigenvalue weighted by molar-refractivity contribution is -0.140. The highest BCUT2D eigenvalue weighted by atomic mass is 16.5. The van der Waals surface area contributed by atoms with E-state index in [9.17, 15) is 14.4 Å². The van der Waals surface area contributed by atoms with Crippen LogP contribution in [0.3, 0.4) is 0 Å². The molecular formula is C15H18O5. The molecule has 20 heavy (non-hydrogen) atoms. The number of hydrogen-bond donors (Lipinski definition) is 0. The summed E-state index contributed by atoms with van der Waals surface area (Å²) in [5.41, 5.74) is 0.963. The number of Topliss-reactive ketones (excluding diaryl/α,β-unsaturated/α-hetero) is 1. The summed E-state index contributed by atoms with van der Waals surface area (Å²) in [4.78, 5) is 34.0. The SMILES string of the molecule is COC(=O)CCCCC(=O)c1ccc(C(=O)OC)cc1. The first-order valence-corrected chi connectivity index (χ1v) is 6.37. The average molecular weight is 278 g/mol. The van der Waals surface area contributed by atoms with E-state index in [0.29, 0.717) is 36.8 Å². The first-order chi connectivity index (χ1) is 9.58. The van der Waals surface area contributed by atoms with E-state index in [1.54, 1.807) is 24.3 Å².